The zero-order valence-electron chi connectivity index (χ0n) is 6.83. The van der Waals surface area contributed by atoms with Crippen LogP contribution in [0.1, 0.15) is 13.3 Å². The number of hydrogen-bond acceptors (Lipinski definition) is 4. The molecule has 0 saturated carbocycles. The van der Waals surface area contributed by atoms with Gasteiger partial charge in [-0.1, -0.05) is 6.92 Å². The molecule has 0 aromatic rings. The summed E-state index contributed by atoms with van der Waals surface area (Å²) in [5.74, 6) is -1.16. The zero-order valence-corrected chi connectivity index (χ0v) is 6.83. The topological polar surface area (TPSA) is 58.6 Å². The van der Waals surface area contributed by atoms with Crippen LogP contribution in [0.15, 0.2) is 0 Å². The molecular weight excluding hydrogens is 148 g/mol. The second-order valence-corrected chi connectivity index (χ2v) is 2.08. The van der Waals surface area contributed by atoms with E-state index in [0.29, 0.717) is 19.6 Å². The molecule has 0 amide bonds. The maximum Gasteiger partial charge on any atom is 0.0967 e. The maximum absolute atomic E-state index is 10.2. The Labute approximate surface area is 66.1 Å². The van der Waals surface area contributed by atoms with Crippen molar-refractivity contribution in [1.82, 2.24) is 0 Å². The minimum Gasteiger partial charge on any atom is -0.547 e. The Kier molecular flexibility index (Phi) is 5.78. The molecule has 0 bridgehead atoms. The lowest BCUT2D eigenvalue weighted by Gasteiger charge is -2.16. The SMILES string of the molecule is CCC(OCCOC)C(=O)[O-]. The van der Waals surface area contributed by atoms with E-state index in [4.69, 9.17) is 4.74 Å². The number of carboxylic acids is 1. The van der Waals surface area contributed by atoms with E-state index in [9.17, 15) is 9.90 Å². The Morgan fingerprint density at radius 1 is 1.55 bits per heavy atom. The lowest BCUT2D eigenvalue weighted by atomic mass is 10.3. The van der Waals surface area contributed by atoms with Crippen LogP contribution in [0.4, 0.5) is 0 Å². The molecule has 0 spiro atoms. The van der Waals surface area contributed by atoms with Crippen LogP contribution in [0.5, 0.6) is 0 Å². The monoisotopic (exact) mass is 161 g/mol. The van der Waals surface area contributed by atoms with Crippen molar-refractivity contribution in [2.45, 2.75) is 19.4 Å². The first-order valence-corrected chi connectivity index (χ1v) is 3.53. The Morgan fingerprint density at radius 3 is 2.55 bits per heavy atom. The fourth-order valence-electron chi connectivity index (χ4n) is 0.626. The summed E-state index contributed by atoms with van der Waals surface area (Å²) in [4.78, 5) is 10.2. The number of rotatable bonds is 6. The largest absolute Gasteiger partial charge is 0.547 e. The van der Waals surface area contributed by atoms with Gasteiger partial charge in [0, 0.05) is 7.11 Å². The molecule has 0 aliphatic rings. The summed E-state index contributed by atoms with van der Waals surface area (Å²) in [5.41, 5.74) is 0. The first-order chi connectivity index (χ1) is 5.22. The fourth-order valence-corrected chi connectivity index (χ4v) is 0.626. The molecule has 0 aromatic heterocycles. The van der Waals surface area contributed by atoms with E-state index in [2.05, 4.69) is 4.74 Å². The highest BCUT2D eigenvalue weighted by Crippen LogP contribution is 1.95. The molecule has 0 rings (SSSR count). The van der Waals surface area contributed by atoms with Gasteiger partial charge < -0.3 is 19.4 Å². The normalized spacial score (nSPS) is 12.9. The molecule has 0 fully saturated rings. The molecule has 11 heavy (non-hydrogen) atoms. The third-order valence-electron chi connectivity index (χ3n) is 1.24. The van der Waals surface area contributed by atoms with Crippen LogP contribution in [-0.2, 0) is 14.3 Å². The maximum atomic E-state index is 10.2. The summed E-state index contributed by atoms with van der Waals surface area (Å²) in [7, 11) is 1.53. The van der Waals surface area contributed by atoms with E-state index in [1.807, 2.05) is 0 Å². The summed E-state index contributed by atoms with van der Waals surface area (Å²) in [6.07, 6.45) is -0.378. The predicted octanol–water partition coefficient (Wildman–Crippen LogP) is -0.822. The van der Waals surface area contributed by atoms with E-state index in [1.54, 1.807) is 6.92 Å². The van der Waals surface area contributed by atoms with Gasteiger partial charge in [0.2, 0.25) is 0 Å². The third-order valence-corrected chi connectivity index (χ3v) is 1.24. The molecule has 4 nitrogen and oxygen atoms in total. The smallest absolute Gasteiger partial charge is 0.0967 e. The zero-order chi connectivity index (χ0) is 8.69. The Morgan fingerprint density at radius 2 is 2.18 bits per heavy atom. The Bertz CT molecular complexity index is 113. The number of aliphatic carboxylic acids is 1. The summed E-state index contributed by atoms with van der Waals surface area (Å²) in [6.45, 7) is 2.43. The first kappa shape index (κ1) is 10.4. The van der Waals surface area contributed by atoms with Gasteiger partial charge in [0.15, 0.2) is 0 Å². The second-order valence-electron chi connectivity index (χ2n) is 2.08. The molecule has 1 unspecified atom stereocenters. The van der Waals surface area contributed by atoms with Gasteiger partial charge in [-0.05, 0) is 6.42 Å². The molecule has 0 aliphatic carbocycles. The highest BCUT2D eigenvalue weighted by molar-refractivity contribution is 5.69. The highest BCUT2D eigenvalue weighted by Gasteiger charge is 2.05. The van der Waals surface area contributed by atoms with E-state index >= 15 is 0 Å². The molecule has 0 N–H and O–H groups in total. The van der Waals surface area contributed by atoms with Crippen molar-refractivity contribution in [2.24, 2.45) is 0 Å². The minimum atomic E-state index is -1.16. The molecule has 0 heterocycles. The van der Waals surface area contributed by atoms with Crippen LogP contribution in [0, 0.1) is 0 Å². The molecule has 0 aliphatic heterocycles. The van der Waals surface area contributed by atoms with Crippen molar-refractivity contribution >= 4 is 5.97 Å². The quantitative estimate of drug-likeness (QED) is 0.477. The first-order valence-electron chi connectivity index (χ1n) is 3.53. The molecule has 4 heteroatoms. The molecule has 0 saturated heterocycles. The lowest BCUT2D eigenvalue weighted by molar-refractivity contribution is -0.317. The molecule has 0 radical (unpaired) electrons. The lowest BCUT2D eigenvalue weighted by Crippen LogP contribution is -2.37. The van der Waals surface area contributed by atoms with E-state index in [0.717, 1.165) is 0 Å². The molecular formula is C7H13O4-. The van der Waals surface area contributed by atoms with Crippen molar-refractivity contribution in [2.75, 3.05) is 20.3 Å². The summed E-state index contributed by atoms with van der Waals surface area (Å²) < 4.78 is 9.58. The number of ether oxygens (including phenoxy) is 2. The van der Waals surface area contributed by atoms with Gasteiger partial charge in [-0.15, -0.1) is 0 Å². The van der Waals surface area contributed by atoms with Gasteiger partial charge in [-0.25, -0.2) is 0 Å². The average Bonchev–Trinajstić information content (AvgIpc) is 1.97. The van der Waals surface area contributed by atoms with Crippen LogP contribution < -0.4 is 5.11 Å². The molecule has 0 aromatic carbocycles. The average molecular weight is 161 g/mol. The van der Waals surface area contributed by atoms with Crippen LogP contribution in [0.2, 0.25) is 0 Å². The fraction of sp³-hybridized carbons (Fsp3) is 0.857. The standard InChI is InChI=1S/C7H14O4/c1-3-6(7(8)9)11-5-4-10-2/h6H,3-5H2,1-2H3,(H,8,9)/p-1. The Hall–Kier alpha value is -0.610. The number of methoxy groups -OCH3 is 1. The van der Waals surface area contributed by atoms with E-state index < -0.39 is 12.1 Å². The van der Waals surface area contributed by atoms with Crippen molar-refractivity contribution in [3.05, 3.63) is 0 Å². The molecule has 66 valence electrons. The van der Waals surface area contributed by atoms with E-state index in [-0.39, 0.29) is 0 Å². The highest BCUT2D eigenvalue weighted by atomic mass is 16.5. The number of hydrogen-bond donors (Lipinski definition) is 0. The van der Waals surface area contributed by atoms with Crippen molar-refractivity contribution < 1.29 is 19.4 Å². The second kappa shape index (κ2) is 6.12. The van der Waals surface area contributed by atoms with Crippen molar-refractivity contribution in [1.29, 1.82) is 0 Å². The van der Waals surface area contributed by atoms with Gasteiger partial charge in [-0.2, -0.15) is 0 Å². The number of carbonyl (C=O) groups is 1. The number of carbonyl (C=O) groups excluding carboxylic acids is 1. The summed E-state index contributed by atoms with van der Waals surface area (Å²) in [5, 5.41) is 10.2. The van der Waals surface area contributed by atoms with Crippen molar-refractivity contribution in [3.8, 4) is 0 Å². The predicted molar refractivity (Wildman–Crippen MR) is 36.9 cm³/mol. The number of carboxylic acid groups (broad SMARTS) is 1. The van der Waals surface area contributed by atoms with E-state index in [1.165, 1.54) is 7.11 Å². The summed E-state index contributed by atoms with van der Waals surface area (Å²) in [6, 6.07) is 0. The minimum absolute atomic E-state index is 0.295. The van der Waals surface area contributed by atoms with Crippen molar-refractivity contribution in [3.63, 3.8) is 0 Å². The Balaban J connectivity index is 3.44. The molecule has 1 atom stereocenters. The summed E-state index contributed by atoms with van der Waals surface area (Å²) >= 11 is 0. The van der Waals surface area contributed by atoms with Crippen LogP contribution in [0.25, 0.3) is 0 Å². The van der Waals surface area contributed by atoms with Gasteiger partial charge >= 0.3 is 0 Å². The van der Waals surface area contributed by atoms with Crippen LogP contribution in [0.3, 0.4) is 0 Å². The van der Waals surface area contributed by atoms with Gasteiger partial charge in [0.05, 0.1) is 25.3 Å². The van der Waals surface area contributed by atoms with Gasteiger partial charge in [0.25, 0.3) is 0 Å². The third kappa shape index (κ3) is 4.75. The van der Waals surface area contributed by atoms with Gasteiger partial charge in [-0.3, -0.25) is 0 Å². The van der Waals surface area contributed by atoms with Crippen LogP contribution in [-0.4, -0.2) is 32.4 Å². The van der Waals surface area contributed by atoms with Crippen LogP contribution >= 0.6 is 0 Å². The van der Waals surface area contributed by atoms with Gasteiger partial charge in [0.1, 0.15) is 0 Å².